The Kier molecular flexibility index (Phi) is 6.67. The molecule has 2 heterocycles. The lowest BCUT2D eigenvalue weighted by Gasteiger charge is -2.24. The lowest BCUT2D eigenvalue weighted by molar-refractivity contribution is 0.0735. The van der Waals surface area contributed by atoms with E-state index in [9.17, 15) is 4.79 Å². The molecular formula is C25H27N5O2S. The van der Waals surface area contributed by atoms with Gasteiger partial charge in [-0.1, -0.05) is 30.3 Å². The standard InChI is InChI=1S/C25H27N5O2S/c1-15-14-33-24(29-15)21-9-6-10-30(21)25(31)20-12-18(17-7-4-3-5-8-17)11-19(13-20)23(28)32-22(27)16(2)26/h3-5,7-8,11-14,16,21,27-28H,6,9-10,26H2,1-2H3. The number of likely N-dealkylation sites (tertiary alicyclic amines) is 1. The Morgan fingerprint density at radius 2 is 1.91 bits per heavy atom. The Morgan fingerprint density at radius 3 is 2.58 bits per heavy atom. The average molecular weight is 462 g/mol. The third kappa shape index (κ3) is 5.02. The number of nitrogens with one attached hydrogen (secondary N) is 2. The number of carbonyl (C=O) groups is 1. The van der Waals surface area contributed by atoms with E-state index in [0.717, 1.165) is 34.7 Å². The first kappa shape index (κ1) is 22.8. The molecule has 7 nitrogen and oxygen atoms in total. The fourth-order valence-electron chi connectivity index (χ4n) is 3.90. The minimum atomic E-state index is -0.629. The Labute approximate surface area is 197 Å². The molecule has 4 rings (SSSR count). The first-order valence-corrected chi connectivity index (χ1v) is 11.8. The van der Waals surface area contributed by atoms with Crippen LogP contribution in [0, 0.1) is 17.7 Å². The van der Waals surface area contributed by atoms with E-state index in [-0.39, 0.29) is 23.7 Å². The van der Waals surface area contributed by atoms with Gasteiger partial charge in [-0.05, 0) is 56.0 Å². The van der Waals surface area contributed by atoms with Gasteiger partial charge in [0.15, 0.2) is 0 Å². The maximum Gasteiger partial charge on any atom is 0.254 e. The number of ether oxygens (including phenoxy) is 1. The predicted octanol–water partition coefficient (Wildman–Crippen LogP) is 4.76. The van der Waals surface area contributed by atoms with Gasteiger partial charge in [-0.15, -0.1) is 11.3 Å². The smallest absolute Gasteiger partial charge is 0.254 e. The van der Waals surface area contributed by atoms with E-state index in [1.807, 2.05) is 53.6 Å². The largest absolute Gasteiger partial charge is 0.424 e. The number of nitrogens with zero attached hydrogens (tertiary/aromatic N) is 2. The quantitative estimate of drug-likeness (QED) is 0.375. The molecule has 1 amide bonds. The minimum absolute atomic E-state index is 0.0398. The highest BCUT2D eigenvalue weighted by molar-refractivity contribution is 7.09. The molecule has 0 saturated carbocycles. The summed E-state index contributed by atoms with van der Waals surface area (Å²) in [6.45, 7) is 4.25. The van der Waals surface area contributed by atoms with Crippen LogP contribution in [0.2, 0.25) is 0 Å². The highest BCUT2D eigenvalue weighted by Gasteiger charge is 2.33. The summed E-state index contributed by atoms with van der Waals surface area (Å²) in [6, 6.07) is 14.3. The number of nitrogens with two attached hydrogens (primary N) is 1. The van der Waals surface area contributed by atoms with E-state index in [4.69, 9.17) is 21.3 Å². The van der Waals surface area contributed by atoms with Crippen LogP contribution in [0.1, 0.15) is 52.4 Å². The molecule has 1 aromatic heterocycles. The third-order valence-electron chi connectivity index (χ3n) is 5.61. The Bertz CT molecular complexity index is 1190. The van der Waals surface area contributed by atoms with Crippen molar-refractivity contribution in [1.82, 2.24) is 9.88 Å². The molecule has 0 spiro atoms. The van der Waals surface area contributed by atoms with E-state index in [1.54, 1.807) is 30.4 Å². The lowest BCUT2D eigenvalue weighted by Crippen LogP contribution is -2.31. The molecule has 1 aliphatic heterocycles. The Balaban J connectivity index is 1.71. The van der Waals surface area contributed by atoms with Crippen LogP contribution in [0.25, 0.3) is 11.1 Å². The van der Waals surface area contributed by atoms with Gasteiger partial charge >= 0.3 is 0 Å². The first-order valence-electron chi connectivity index (χ1n) is 10.9. The molecule has 1 aliphatic rings. The monoisotopic (exact) mass is 461 g/mol. The van der Waals surface area contributed by atoms with Gasteiger partial charge < -0.3 is 15.4 Å². The summed E-state index contributed by atoms with van der Waals surface area (Å²) in [4.78, 5) is 20.1. The number of aromatic nitrogens is 1. The Morgan fingerprint density at radius 1 is 1.18 bits per heavy atom. The summed E-state index contributed by atoms with van der Waals surface area (Å²) in [6.07, 6.45) is 1.80. The second-order valence-corrected chi connectivity index (χ2v) is 9.12. The summed E-state index contributed by atoms with van der Waals surface area (Å²) in [7, 11) is 0. The van der Waals surface area contributed by atoms with Gasteiger partial charge in [-0.25, -0.2) is 4.98 Å². The highest BCUT2D eigenvalue weighted by atomic mass is 32.1. The van der Waals surface area contributed by atoms with Crippen molar-refractivity contribution in [2.45, 2.75) is 38.8 Å². The van der Waals surface area contributed by atoms with Gasteiger partial charge in [0.2, 0.25) is 11.8 Å². The molecule has 2 atom stereocenters. The van der Waals surface area contributed by atoms with Gasteiger partial charge in [0.25, 0.3) is 5.91 Å². The molecule has 2 aromatic carbocycles. The second kappa shape index (κ2) is 9.64. The average Bonchev–Trinajstić information content (AvgIpc) is 3.47. The predicted molar refractivity (Wildman–Crippen MR) is 131 cm³/mol. The van der Waals surface area contributed by atoms with Crippen molar-refractivity contribution in [1.29, 1.82) is 10.8 Å². The fraction of sp³-hybridized carbons (Fsp3) is 0.280. The van der Waals surface area contributed by atoms with Crippen LogP contribution in [0.3, 0.4) is 0 Å². The number of aryl methyl sites for hydroxylation is 1. The topological polar surface area (TPSA) is 116 Å². The van der Waals surface area contributed by atoms with E-state index < -0.39 is 6.04 Å². The van der Waals surface area contributed by atoms with Gasteiger partial charge in [0, 0.05) is 28.7 Å². The fourth-order valence-corrected chi connectivity index (χ4v) is 4.84. The van der Waals surface area contributed by atoms with E-state index in [1.165, 1.54) is 0 Å². The summed E-state index contributed by atoms with van der Waals surface area (Å²) in [5.74, 6) is -0.506. The van der Waals surface area contributed by atoms with Crippen LogP contribution < -0.4 is 5.73 Å². The SMILES string of the molecule is Cc1csc(C2CCCN2C(=O)c2cc(C(=N)OC(=N)C(C)N)cc(-c3ccccc3)c2)n1. The number of thiazole rings is 1. The maximum atomic E-state index is 13.7. The number of hydrogen-bond donors (Lipinski definition) is 3. The number of rotatable bonds is 5. The highest BCUT2D eigenvalue weighted by Crippen LogP contribution is 2.35. The normalized spacial score (nSPS) is 16.5. The zero-order valence-corrected chi connectivity index (χ0v) is 19.5. The zero-order valence-electron chi connectivity index (χ0n) is 18.7. The van der Waals surface area contributed by atoms with Crippen LogP contribution in [0.5, 0.6) is 0 Å². The Hall–Kier alpha value is -3.36. The number of carbonyl (C=O) groups excluding carboxylic acids is 1. The zero-order chi connectivity index (χ0) is 23.5. The molecule has 1 saturated heterocycles. The van der Waals surface area contributed by atoms with Gasteiger partial charge in [0.05, 0.1) is 12.1 Å². The lowest BCUT2D eigenvalue weighted by atomic mass is 9.98. The number of hydrogen-bond acceptors (Lipinski definition) is 7. The molecule has 1 fully saturated rings. The maximum absolute atomic E-state index is 13.7. The molecule has 4 N–H and O–H groups in total. The second-order valence-electron chi connectivity index (χ2n) is 8.23. The van der Waals surface area contributed by atoms with E-state index in [0.29, 0.717) is 17.7 Å². The van der Waals surface area contributed by atoms with Gasteiger partial charge in [-0.2, -0.15) is 0 Å². The molecular weight excluding hydrogens is 434 g/mol. The van der Waals surface area contributed by atoms with Crippen molar-refractivity contribution < 1.29 is 9.53 Å². The van der Waals surface area contributed by atoms with Crippen molar-refractivity contribution in [3.8, 4) is 11.1 Å². The first-order chi connectivity index (χ1) is 15.8. The molecule has 0 radical (unpaired) electrons. The number of amides is 1. The van der Waals surface area contributed by atoms with Crippen LogP contribution in [0.4, 0.5) is 0 Å². The molecule has 0 bridgehead atoms. The summed E-state index contributed by atoms with van der Waals surface area (Å²) < 4.78 is 5.35. The summed E-state index contributed by atoms with van der Waals surface area (Å²) in [5.41, 5.74) is 9.30. The molecule has 170 valence electrons. The number of benzene rings is 2. The summed E-state index contributed by atoms with van der Waals surface area (Å²) >= 11 is 1.59. The van der Waals surface area contributed by atoms with Crippen LogP contribution >= 0.6 is 11.3 Å². The van der Waals surface area contributed by atoms with E-state index >= 15 is 0 Å². The van der Waals surface area contributed by atoms with Crippen molar-refractivity contribution in [2.75, 3.05) is 6.54 Å². The molecule has 8 heteroatoms. The van der Waals surface area contributed by atoms with Gasteiger partial charge in [0.1, 0.15) is 5.01 Å². The van der Waals surface area contributed by atoms with Crippen LogP contribution in [-0.4, -0.2) is 40.2 Å². The van der Waals surface area contributed by atoms with Crippen molar-refractivity contribution in [3.05, 3.63) is 75.7 Å². The van der Waals surface area contributed by atoms with Gasteiger partial charge in [-0.3, -0.25) is 15.6 Å². The third-order valence-corrected chi connectivity index (χ3v) is 6.67. The molecule has 2 unspecified atom stereocenters. The van der Waals surface area contributed by atoms with Crippen LogP contribution in [0.15, 0.2) is 53.9 Å². The molecule has 33 heavy (non-hydrogen) atoms. The minimum Gasteiger partial charge on any atom is -0.424 e. The van der Waals surface area contributed by atoms with Crippen molar-refractivity contribution in [3.63, 3.8) is 0 Å². The summed E-state index contributed by atoms with van der Waals surface area (Å²) in [5, 5.41) is 19.2. The molecule has 3 aromatic rings. The molecule has 0 aliphatic carbocycles. The van der Waals surface area contributed by atoms with Crippen LogP contribution in [-0.2, 0) is 4.74 Å². The van der Waals surface area contributed by atoms with Crippen molar-refractivity contribution >= 4 is 29.0 Å². The van der Waals surface area contributed by atoms with Crippen molar-refractivity contribution in [2.24, 2.45) is 5.73 Å². The van der Waals surface area contributed by atoms with E-state index in [2.05, 4.69) is 4.98 Å².